The number of rotatable bonds is 4. The SMILES string of the molecule is O=c1[nH]c(/C=C\C=C/c2ccccc2)c([N+](=O)[O-])c(=O)[nH]1. The van der Waals surface area contributed by atoms with Gasteiger partial charge in [-0.05, 0) is 11.6 Å². The summed E-state index contributed by atoms with van der Waals surface area (Å²) in [6.07, 6.45) is 6.24. The highest BCUT2D eigenvalue weighted by molar-refractivity contribution is 5.59. The van der Waals surface area contributed by atoms with Crippen LogP contribution in [0.15, 0.2) is 52.1 Å². The molecule has 0 saturated heterocycles. The van der Waals surface area contributed by atoms with E-state index in [-0.39, 0.29) is 5.69 Å². The Morgan fingerprint density at radius 3 is 2.33 bits per heavy atom. The first-order valence-corrected chi connectivity index (χ1v) is 5.99. The third-order valence-corrected chi connectivity index (χ3v) is 2.59. The van der Waals surface area contributed by atoms with Gasteiger partial charge in [-0.2, -0.15) is 0 Å². The summed E-state index contributed by atoms with van der Waals surface area (Å²) in [5.41, 5.74) is -1.71. The summed E-state index contributed by atoms with van der Waals surface area (Å²) in [6, 6.07) is 9.42. The van der Waals surface area contributed by atoms with E-state index in [0.29, 0.717) is 0 Å². The number of aromatic amines is 2. The summed E-state index contributed by atoms with van der Waals surface area (Å²) in [6.45, 7) is 0. The summed E-state index contributed by atoms with van der Waals surface area (Å²) in [7, 11) is 0. The van der Waals surface area contributed by atoms with Crippen LogP contribution in [0.1, 0.15) is 11.3 Å². The molecule has 7 heteroatoms. The molecule has 0 radical (unpaired) electrons. The fraction of sp³-hybridized carbons (Fsp3) is 0. The zero-order chi connectivity index (χ0) is 15.2. The molecule has 1 aromatic carbocycles. The van der Waals surface area contributed by atoms with E-state index in [9.17, 15) is 19.7 Å². The van der Waals surface area contributed by atoms with E-state index in [1.54, 1.807) is 12.2 Å². The molecule has 21 heavy (non-hydrogen) atoms. The molecule has 0 amide bonds. The Morgan fingerprint density at radius 2 is 1.67 bits per heavy atom. The van der Waals surface area contributed by atoms with E-state index in [4.69, 9.17) is 0 Å². The zero-order valence-electron chi connectivity index (χ0n) is 10.8. The van der Waals surface area contributed by atoms with Gasteiger partial charge in [0.2, 0.25) is 0 Å². The van der Waals surface area contributed by atoms with Gasteiger partial charge >= 0.3 is 16.9 Å². The van der Waals surface area contributed by atoms with Crippen LogP contribution in [0.3, 0.4) is 0 Å². The summed E-state index contributed by atoms with van der Waals surface area (Å²) in [5, 5.41) is 10.8. The third kappa shape index (κ3) is 3.63. The predicted octanol–water partition coefficient (Wildman–Crippen LogP) is 1.70. The summed E-state index contributed by atoms with van der Waals surface area (Å²) in [4.78, 5) is 36.6. The van der Waals surface area contributed by atoms with Gasteiger partial charge < -0.3 is 4.98 Å². The molecular weight excluding hydrogens is 274 g/mol. The van der Waals surface area contributed by atoms with Crippen molar-refractivity contribution < 1.29 is 4.92 Å². The quantitative estimate of drug-likeness (QED) is 0.506. The van der Waals surface area contributed by atoms with Crippen LogP contribution < -0.4 is 11.2 Å². The molecule has 0 unspecified atom stereocenters. The van der Waals surface area contributed by atoms with Crippen molar-refractivity contribution in [3.05, 3.63) is 84.7 Å². The van der Waals surface area contributed by atoms with Crippen molar-refractivity contribution in [1.82, 2.24) is 9.97 Å². The van der Waals surface area contributed by atoms with Crippen LogP contribution in [0.4, 0.5) is 5.69 Å². The van der Waals surface area contributed by atoms with Crippen molar-refractivity contribution in [1.29, 1.82) is 0 Å². The third-order valence-electron chi connectivity index (χ3n) is 2.59. The summed E-state index contributed by atoms with van der Waals surface area (Å²) in [5.74, 6) is 0. The average molecular weight is 285 g/mol. The van der Waals surface area contributed by atoms with Gasteiger partial charge in [-0.25, -0.2) is 4.79 Å². The minimum Gasteiger partial charge on any atom is -0.301 e. The van der Waals surface area contributed by atoms with Crippen molar-refractivity contribution >= 4 is 17.8 Å². The number of nitro groups is 1. The van der Waals surface area contributed by atoms with Gasteiger partial charge in [0.05, 0.1) is 4.92 Å². The van der Waals surface area contributed by atoms with Crippen molar-refractivity contribution in [3.8, 4) is 0 Å². The van der Waals surface area contributed by atoms with Crippen molar-refractivity contribution in [2.75, 3.05) is 0 Å². The number of allylic oxidation sites excluding steroid dienone is 2. The number of benzene rings is 1. The molecule has 2 aromatic rings. The van der Waals surface area contributed by atoms with Crippen LogP contribution >= 0.6 is 0 Å². The van der Waals surface area contributed by atoms with Gasteiger partial charge in [-0.3, -0.25) is 19.9 Å². The number of nitrogens with one attached hydrogen (secondary N) is 2. The Hall–Kier alpha value is -3.22. The molecule has 0 bridgehead atoms. The van der Waals surface area contributed by atoms with Gasteiger partial charge in [0.25, 0.3) is 0 Å². The Labute approximate surface area is 118 Å². The van der Waals surface area contributed by atoms with Crippen LogP contribution in [0.2, 0.25) is 0 Å². The molecule has 2 N–H and O–H groups in total. The molecule has 1 heterocycles. The van der Waals surface area contributed by atoms with Gasteiger partial charge in [-0.15, -0.1) is 0 Å². The van der Waals surface area contributed by atoms with E-state index >= 15 is 0 Å². The number of hydrogen-bond acceptors (Lipinski definition) is 4. The Morgan fingerprint density at radius 1 is 1.00 bits per heavy atom. The summed E-state index contributed by atoms with van der Waals surface area (Å²) >= 11 is 0. The van der Waals surface area contributed by atoms with Crippen LogP contribution in [0.25, 0.3) is 12.2 Å². The maximum atomic E-state index is 11.4. The van der Waals surface area contributed by atoms with Gasteiger partial charge in [-0.1, -0.05) is 48.6 Å². The molecule has 1 aromatic heterocycles. The molecule has 7 nitrogen and oxygen atoms in total. The Kier molecular flexibility index (Phi) is 4.25. The average Bonchev–Trinajstić information content (AvgIpc) is 2.43. The maximum Gasteiger partial charge on any atom is 0.357 e. The maximum absolute atomic E-state index is 11.4. The molecule has 0 aliphatic heterocycles. The standard InChI is InChI=1S/C14H11N3O4/c18-13-12(17(20)21)11(15-14(19)16-13)9-5-4-8-10-6-2-1-3-7-10/h1-9H,(H2,15,16,18,19)/b8-4-,9-5-. The van der Waals surface area contributed by atoms with E-state index < -0.39 is 21.9 Å². The molecule has 106 valence electrons. The Bertz CT molecular complexity index is 816. The van der Waals surface area contributed by atoms with E-state index in [1.807, 2.05) is 35.3 Å². The second-order valence-corrected chi connectivity index (χ2v) is 4.06. The van der Waals surface area contributed by atoms with Crippen LogP contribution in [0.5, 0.6) is 0 Å². The lowest BCUT2D eigenvalue weighted by Gasteiger charge is -1.95. The monoisotopic (exact) mass is 285 g/mol. The number of aromatic nitrogens is 2. The molecule has 0 atom stereocenters. The normalized spacial score (nSPS) is 11.2. The van der Waals surface area contributed by atoms with E-state index in [2.05, 4.69) is 4.98 Å². The van der Waals surface area contributed by atoms with Crippen LogP contribution in [-0.2, 0) is 0 Å². The Balaban J connectivity index is 2.29. The summed E-state index contributed by atoms with van der Waals surface area (Å²) < 4.78 is 0. The molecule has 2 rings (SSSR count). The largest absolute Gasteiger partial charge is 0.357 e. The second-order valence-electron chi connectivity index (χ2n) is 4.06. The van der Waals surface area contributed by atoms with Crippen LogP contribution in [-0.4, -0.2) is 14.9 Å². The number of hydrogen-bond donors (Lipinski definition) is 2. The minimum absolute atomic E-state index is 0.147. The lowest BCUT2D eigenvalue weighted by Crippen LogP contribution is -2.25. The first-order valence-electron chi connectivity index (χ1n) is 5.99. The molecule has 0 saturated carbocycles. The molecule has 0 aliphatic rings. The first kappa shape index (κ1) is 14.2. The highest BCUT2D eigenvalue weighted by Gasteiger charge is 2.18. The van der Waals surface area contributed by atoms with Crippen LogP contribution in [0, 0.1) is 10.1 Å². The lowest BCUT2D eigenvalue weighted by molar-refractivity contribution is -0.386. The van der Waals surface area contributed by atoms with E-state index in [1.165, 1.54) is 12.2 Å². The highest BCUT2D eigenvalue weighted by Crippen LogP contribution is 2.10. The minimum atomic E-state index is -1.03. The smallest absolute Gasteiger partial charge is 0.301 e. The highest BCUT2D eigenvalue weighted by atomic mass is 16.6. The molecule has 0 spiro atoms. The van der Waals surface area contributed by atoms with Crippen molar-refractivity contribution in [2.24, 2.45) is 0 Å². The van der Waals surface area contributed by atoms with Gasteiger partial charge in [0.1, 0.15) is 5.69 Å². The lowest BCUT2D eigenvalue weighted by atomic mass is 10.2. The first-order chi connectivity index (χ1) is 10.1. The van der Waals surface area contributed by atoms with Gasteiger partial charge in [0, 0.05) is 0 Å². The predicted molar refractivity (Wildman–Crippen MR) is 78.8 cm³/mol. The van der Waals surface area contributed by atoms with E-state index in [0.717, 1.165) is 5.56 Å². The number of H-pyrrole nitrogens is 2. The number of nitrogens with zero attached hydrogens (tertiary/aromatic N) is 1. The molecule has 0 fully saturated rings. The van der Waals surface area contributed by atoms with Crippen molar-refractivity contribution in [3.63, 3.8) is 0 Å². The molecule has 0 aliphatic carbocycles. The van der Waals surface area contributed by atoms with Crippen molar-refractivity contribution in [2.45, 2.75) is 0 Å². The van der Waals surface area contributed by atoms with Gasteiger partial charge in [0.15, 0.2) is 0 Å². The second kappa shape index (κ2) is 6.29. The zero-order valence-corrected chi connectivity index (χ0v) is 10.8. The fourth-order valence-corrected chi connectivity index (χ4v) is 1.68. The molecular formula is C14H11N3O4. The fourth-order valence-electron chi connectivity index (χ4n) is 1.68. The topological polar surface area (TPSA) is 109 Å².